The van der Waals surface area contributed by atoms with Gasteiger partial charge in [0.2, 0.25) is 0 Å². The fraction of sp³-hybridized carbons (Fsp3) is 0.364. The quantitative estimate of drug-likeness (QED) is 0.621. The van der Waals surface area contributed by atoms with Crippen molar-refractivity contribution in [3.05, 3.63) is 57.2 Å². The molecule has 0 unspecified atom stereocenters. The molecule has 3 heterocycles. The van der Waals surface area contributed by atoms with E-state index in [9.17, 15) is 9.90 Å². The fourth-order valence-electron chi connectivity index (χ4n) is 4.34. The molecule has 1 amide bonds. The molecular weight excluding hydrogens is 434 g/mol. The van der Waals surface area contributed by atoms with Gasteiger partial charge >= 0.3 is 0 Å². The van der Waals surface area contributed by atoms with Crippen molar-refractivity contribution in [3.8, 4) is 5.75 Å². The van der Waals surface area contributed by atoms with E-state index >= 15 is 0 Å². The molecule has 1 fully saturated rings. The largest absolute Gasteiger partial charge is 0.507 e. The van der Waals surface area contributed by atoms with Crippen molar-refractivity contribution in [2.45, 2.75) is 32.4 Å². The van der Waals surface area contributed by atoms with Crippen LogP contribution in [0.4, 0.5) is 0 Å². The zero-order valence-electron chi connectivity index (χ0n) is 15.9. The van der Waals surface area contributed by atoms with Crippen molar-refractivity contribution in [2.75, 3.05) is 13.2 Å². The van der Waals surface area contributed by atoms with Crippen molar-refractivity contribution >= 4 is 32.7 Å². The summed E-state index contributed by atoms with van der Waals surface area (Å²) in [7, 11) is 0. The summed E-state index contributed by atoms with van der Waals surface area (Å²) in [6.45, 7) is 2.70. The Labute approximate surface area is 177 Å². The van der Waals surface area contributed by atoms with Gasteiger partial charge in [0, 0.05) is 47.9 Å². The topological polar surface area (TPSA) is 78.5 Å². The van der Waals surface area contributed by atoms with E-state index in [0.29, 0.717) is 30.1 Å². The number of aromatic nitrogens is 2. The maximum atomic E-state index is 13.2. The predicted molar refractivity (Wildman–Crippen MR) is 113 cm³/mol. The Morgan fingerprint density at radius 3 is 2.83 bits per heavy atom. The third-order valence-corrected chi connectivity index (χ3v) is 6.49. The van der Waals surface area contributed by atoms with E-state index in [2.05, 4.69) is 26.1 Å². The standard InChI is InChI=1S/C22H22BrN3O3/c23-16-2-1-14-11-26(12-15(14)8-16)22(28)18-9-17-19(7-13-3-5-29-6-4-13)24-25-20(17)10-21(18)27/h1-2,8-10,13,27H,3-7,11-12H2,(H,24,25). The molecular formula is C22H22BrN3O3. The van der Waals surface area contributed by atoms with Crippen LogP contribution in [0.2, 0.25) is 0 Å². The van der Waals surface area contributed by atoms with Crippen LogP contribution >= 0.6 is 15.9 Å². The Hall–Kier alpha value is -2.38. The van der Waals surface area contributed by atoms with Crippen molar-refractivity contribution in [1.29, 1.82) is 0 Å². The molecule has 6 nitrogen and oxygen atoms in total. The lowest BCUT2D eigenvalue weighted by Gasteiger charge is -2.21. The first-order valence-electron chi connectivity index (χ1n) is 9.93. The highest BCUT2D eigenvalue weighted by Gasteiger charge is 2.27. The molecule has 0 saturated carbocycles. The van der Waals surface area contributed by atoms with Crippen molar-refractivity contribution < 1.29 is 14.6 Å². The number of nitrogens with zero attached hydrogens (tertiary/aromatic N) is 2. The van der Waals surface area contributed by atoms with Gasteiger partial charge in [0.1, 0.15) is 5.75 Å². The van der Waals surface area contributed by atoms with Crippen LogP contribution in [0.25, 0.3) is 10.9 Å². The summed E-state index contributed by atoms with van der Waals surface area (Å²) in [5.41, 5.74) is 4.32. The first-order chi connectivity index (χ1) is 14.1. The lowest BCUT2D eigenvalue weighted by Crippen LogP contribution is -2.25. The number of carbonyl (C=O) groups is 1. The van der Waals surface area contributed by atoms with Gasteiger partial charge in [-0.25, -0.2) is 0 Å². The maximum Gasteiger partial charge on any atom is 0.258 e. The van der Waals surface area contributed by atoms with Gasteiger partial charge in [-0.3, -0.25) is 9.89 Å². The van der Waals surface area contributed by atoms with Crippen LogP contribution in [0.15, 0.2) is 34.8 Å². The summed E-state index contributed by atoms with van der Waals surface area (Å²) in [6.07, 6.45) is 2.94. The Balaban J connectivity index is 1.43. The molecule has 2 N–H and O–H groups in total. The third-order valence-electron chi connectivity index (χ3n) is 5.99. The molecule has 29 heavy (non-hydrogen) atoms. The summed E-state index contributed by atoms with van der Waals surface area (Å²) in [6, 6.07) is 9.46. The molecule has 0 radical (unpaired) electrons. The molecule has 2 aromatic carbocycles. The van der Waals surface area contributed by atoms with Crippen molar-refractivity contribution in [2.24, 2.45) is 5.92 Å². The number of phenolic OH excluding ortho intramolecular Hbond substituents is 1. The van der Waals surface area contributed by atoms with Gasteiger partial charge in [0.25, 0.3) is 5.91 Å². The number of H-pyrrole nitrogens is 1. The number of phenols is 1. The van der Waals surface area contributed by atoms with Gasteiger partial charge < -0.3 is 14.7 Å². The molecule has 0 spiro atoms. The monoisotopic (exact) mass is 455 g/mol. The Morgan fingerprint density at radius 1 is 1.21 bits per heavy atom. The van der Waals surface area contributed by atoms with E-state index in [-0.39, 0.29) is 11.7 Å². The minimum absolute atomic E-state index is 0.0243. The van der Waals surface area contributed by atoms with Crippen LogP contribution in [0, 0.1) is 5.92 Å². The molecule has 1 aromatic heterocycles. The molecule has 5 rings (SSSR count). The number of fused-ring (bicyclic) bond motifs is 2. The number of hydrogen-bond donors (Lipinski definition) is 2. The number of aromatic hydroxyl groups is 1. The van der Waals surface area contributed by atoms with E-state index in [4.69, 9.17) is 4.74 Å². The minimum Gasteiger partial charge on any atom is -0.507 e. The summed E-state index contributed by atoms with van der Waals surface area (Å²) in [5.74, 6) is 0.366. The molecule has 2 aliphatic rings. The number of ether oxygens (including phenoxy) is 1. The number of nitrogens with one attached hydrogen (secondary N) is 1. The number of hydrogen-bond acceptors (Lipinski definition) is 4. The number of halogens is 1. The number of aromatic amines is 1. The van der Waals surface area contributed by atoms with E-state index in [0.717, 1.165) is 59.2 Å². The summed E-state index contributed by atoms with van der Waals surface area (Å²) in [5, 5.41) is 18.9. The predicted octanol–water partition coefficient (Wildman–Crippen LogP) is 4.16. The van der Waals surface area contributed by atoms with Gasteiger partial charge in [-0.2, -0.15) is 5.10 Å². The average Bonchev–Trinajstić information content (AvgIpc) is 3.31. The van der Waals surface area contributed by atoms with Crippen LogP contribution in [0.3, 0.4) is 0 Å². The highest BCUT2D eigenvalue weighted by Crippen LogP contribution is 2.32. The van der Waals surface area contributed by atoms with Crippen LogP contribution in [-0.4, -0.2) is 39.3 Å². The van der Waals surface area contributed by atoms with Gasteiger partial charge in [0.15, 0.2) is 0 Å². The summed E-state index contributed by atoms with van der Waals surface area (Å²) in [4.78, 5) is 15.0. The second-order valence-corrected chi connectivity index (χ2v) is 8.84. The highest BCUT2D eigenvalue weighted by atomic mass is 79.9. The Kier molecular flexibility index (Phi) is 4.80. The first-order valence-corrected chi connectivity index (χ1v) is 10.7. The number of amides is 1. The smallest absolute Gasteiger partial charge is 0.258 e. The van der Waals surface area contributed by atoms with Gasteiger partial charge in [-0.15, -0.1) is 0 Å². The lowest BCUT2D eigenvalue weighted by atomic mass is 9.93. The highest BCUT2D eigenvalue weighted by molar-refractivity contribution is 9.10. The lowest BCUT2D eigenvalue weighted by molar-refractivity contribution is 0.0663. The third kappa shape index (κ3) is 3.53. The molecule has 1 saturated heterocycles. The van der Waals surface area contributed by atoms with E-state index < -0.39 is 0 Å². The zero-order chi connectivity index (χ0) is 20.0. The molecule has 0 bridgehead atoms. The van der Waals surface area contributed by atoms with Gasteiger partial charge in [-0.05, 0) is 54.5 Å². The summed E-state index contributed by atoms with van der Waals surface area (Å²) >= 11 is 3.49. The molecule has 0 aliphatic carbocycles. The molecule has 3 aromatic rings. The van der Waals surface area contributed by atoms with E-state index in [1.54, 1.807) is 17.0 Å². The first kappa shape index (κ1) is 18.6. The molecule has 150 valence electrons. The second-order valence-electron chi connectivity index (χ2n) is 7.92. The van der Waals surface area contributed by atoms with Crippen LogP contribution in [0.5, 0.6) is 5.75 Å². The fourth-order valence-corrected chi connectivity index (χ4v) is 4.75. The van der Waals surface area contributed by atoms with Crippen LogP contribution in [-0.2, 0) is 24.2 Å². The zero-order valence-corrected chi connectivity index (χ0v) is 17.5. The Morgan fingerprint density at radius 2 is 2.00 bits per heavy atom. The molecule has 0 atom stereocenters. The van der Waals surface area contributed by atoms with E-state index in [1.807, 2.05) is 18.2 Å². The average molecular weight is 456 g/mol. The SMILES string of the molecule is O=C(c1cc2c(CC3CCOCC3)[nH]nc2cc1O)N1Cc2ccc(Br)cc2C1. The normalized spacial score (nSPS) is 17.1. The number of carbonyl (C=O) groups excluding carboxylic acids is 1. The maximum absolute atomic E-state index is 13.2. The van der Waals surface area contributed by atoms with E-state index in [1.165, 1.54) is 0 Å². The molecule has 2 aliphatic heterocycles. The number of benzene rings is 2. The van der Waals surface area contributed by atoms with Crippen LogP contribution < -0.4 is 0 Å². The van der Waals surface area contributed by atoms with Crippen molar-refractivity contribution in [3.63, 3.8) is 0 Å². The van der Waals surface area contributed by atoms with Crippen molar-refractivity contribution in [1.82, 2.24) is 15.1 Å². The minimum atomic E-state index is -0.157. The second kappa shape index (κ2) is 7.46. The number of rotatable bonds is 3. The molecule has 7 heteroatoms. The summed E-state index contributed by atoms with van der Waals surface area (Å²) < 4.78 is 6.46. The van der Waals surface area contributed by atoms with Gasteiger partial charge in [-0.1, -0.05) is 22.0 Å². The van der Waals surface area contributed by atoms with Gasteiger partial charge in [0.05, 0.1) is 11.1 Å². The Bertz CT molecular complexity index is 1090. The van der Waals surface area contributed by atoms with Crippen LogP contribution in [0.1, 0.15) is 40.0 Å².